The van der Waals surface area contributed by atoms with Crippen LogP contribution < -0.4 is 4.43 Å². The summed E-state index contributed by atoms with van der Waals surface area (Å²) in [6, 6.07) is 4.34. The molecule has 3 nitrogen and oxygen atoms in total. The highest BCUT2D eigenvalue weighted by Gasteiger charge is 2.49. The van der Waals surface area contributed by atoms with Gasteiger partial charge in [-0.25, -0.2) is 0 Å². The summed E-state index contributed by atoms with van der Waals surface area (Å²) in [5.74, 6) is 1.80. The fourth-order valence-electron chi connectivity index (χ4n) is 7.39. The largest absolute Gasteiger partial charge is 0.542 e. The lowest BCUT2D eigenvalue weighted by atomic mass is 9.69. The van der Waals surface area contributed by atoms with Crippen LogP contribution >= 0.6 is 0 Å². The molecule has 1 unspecified atom stereocenters. The summed E-state index contributed by atoms with van der Waals surface area (Å²) in [6.45, 7) is 29.9. The summed E-state index contributed by atoms with van der Waals surface area (Å²) in [7, 11) is -3.99. The third kappa shape index (κ3) is 7.78. The molecule has 0 spiro atoms. The third-order valence-corrected chi connectivity index (χ3v) is 15.9. The molecule has 1 aromatic rings. The van der Waals surface area contributed by atoms with Gasteiger partial charge in [-0.15, -0.1) is 0 Å². The van der Waals surface area contributed by atoms with Gasteiger partial charge in [-0.2, -0.15) is 0 Å². The molecule has 1 aliphatic carbocycles. The highest BCUT2D eigenvalue weighted by molar-refractivity contribution is 6.78. The predicted molar refractivity (Wildman–Crippen MR) is 171 cm³/mol. The van der Waals surface area contributed by atoms with Gasteiger partial charge in [-0.05, 0) is 106 Å². The summed E-state index contributed by atoms with van der Waals surface area (Å²) in [4.78, 5) is 0. The quantitative estimate of drug-likeness (QED) is 0.148. The van der Waals surface area contributed by atoms with Crippen molar-refractivity contribution in [3.05, 3.63) is 34.9 Å². The van der Waals surface area contributed by atoms with Crippen molar-refractivity contribution < 1.29 is 14.0 Å². The number of rotatable bonds is 13. The lowest BCUT2D eigenvalue weighted by Crippen LogP contribution is -2.51. The molecule has 0 amide bonds. The van der Waals surface area contributed by atoms with Crippen molar-refractivity contribution in [1.29, 1.82) is 0 Å². The Hall–Kier alpha value is -1.05. The van der Waals surface area contributed by atoms with Crippen LogP contribution in [0.4, 0.5) is 0 Å². The Morgan fingerprint density at radius 3 is 2.05 bits per heavy atom. The molecule has 5 heteroatoms. The standard InChI is InChI=1S/C33H60O3Si2/c1-14-15-16-17-27-21-30(34)32(31(22-27)35-38(23(2)3,24(4)5)25(6)7)28-20-26(8)18-19-29(28)33(9,10)36-37(11,12)13/h18,21-25,28-29,34H,14-17,19-20H2,1-13H3/t28-,29?/m1/s1. The predicted octanol–water partition coefficient (Wildman–Crippen LogP) is 10.7. The molecule has 1 aliphatic rings. The van der Waals surface area contributed by atoms with Gasteiger partial charge in [-0.1, -0.05) is 73.0 Å². The first-order valence-corrected chi connectivity index (χ1v) is 20.9. The molecule has 0 aromatic heterocycles. The number of allylic oxidation sites excluding steroid dienone is 2. The molecule has 0 saturated carbocycles. The zero-order chi connectivity index (χ0) is 29.1. The van der Waals surface area contributed by atoms with Crippen LogP contribution in [0, 0.1) is 5.92 Å². The van der Waals surface area contributed by atoms with Crippen LogP contribution in [-0.4, -0.2) is 27.3 Å². The number of unbranched alkanes of at least 4 members (excludes halogenated alkanes) is 2. The van der Waals surface area contributed by atoms with Gasteiger partial charge in [0.15, 0.2) is 8.32 Å². The maximum absolute atomic E-state index is 11.8. The first-order chi connectivity index (χ1) is 17.5. The highest BCUT2D eigenvalue weighted by atomic mass is 28.4. The zero-order valence-corrected chi connectivity index (χ0v) is 29.1. The second-order valence-electron chi connectivity index (χ2n) is 14.4. The Balaban J connectivity index is 2.75. The van der Waals surface area contributed by atoms with Crippen molar-refractivity contribution >= 4 is 16.6 Å². The highest BCUT2D eigenvalue weighted by Crippen LogP contribution is 2.52. The molecule has 2 atom stereocenters. The molecule has 0 bridgehead atoms. The van der Waals surface area contributed by atoms with Crippen molar-refractivity contribution in [2.75, 3.05) is 0 Å². The van der Waals surface area contributed by atoms with Gasteiger partial charge in [0.1, 0.15) is 11.5 Å². The summed E-state index contributed by atoms with van der Waals surface area (Å²) in [5, 5.41) is 11.8. The number of aromatic hydroxyl groups is 1. The minimum atomic E-state index is -2.22. The van der Waals surface area contributed by atoms with E-state index in [1.54, 1.807) is 0 Å². The monoisotopic (exact) mass is 560 g/mol. The van der Waals surface area contributed by atoms with E-state index in [2.05, 4.69) is 101 Å². The molecular weight excluding hydrogens is 501 g/mol. The molecule has 0 saturated heterocycles. The fourth-order valence-corrected chi connectivity index (χ4v) is 14.4. The van der Waals surface area contributed by atoms with E-state index in [9.17, 15) is 5.11 Å². The Bertz CT molecular complexity index is 919. The minimum absolute atomic E-state index is 0.157. The molecule has 1 N–H and O–H groups in total. The van der Waals surface area contributed by atoms with Gasteiger partial charge in [0.25, 0.3) is 8.32 Å². The first kappa shape index (κ1) is 33.2. The molecule has 0 radical (unpaired) electrons. The number of hydrogen-bond acceptors (Lipinski definition) is 3. The van der Waals surface area contributed by atoms with E-state index in [0.29, 0.717) is 22.4 Å². The average Bonchev–Trinajstić information content (AvgIpc) is 2.74. The van der Waals surface area contributed by atoms with Crippen LogP contribution in [0.25, 0.3) is 0 Å². The maximum Gasteiger partial charge on any atom is 0.258 e. The van der Waals surface area contributed by atoms with E-state index in [4.69, 9.17) is 8.85 Å². The minimum Gasteiger partial charge on any atom is -0.542 e. The van der Waals surface area contributed by atoms with E-state index in [-0.39, 0.29) is 17.4 Å². The molecule has 1 aromatic carbocycles. The van der Waals surface area contributed by atoms with Crippen molar-refractivity contribution in [1.82, 2.24) is 0 Å². The second-order valence-corrected chi connectivity index (χ2v) is 24.2. The molecule has 0 aliphatic heterocycles. The van der Waals surface area contributed by atoms with Crippen LogP contribution in [0.5, 0.6) is 11.5 Å². The SMILES string of the molecule is CCCCCc1cc(O)c([C@@H]2CC(C)=CCC2C(C)(C)O[Si](C)(C)C)c(O[Si](C(C)C)(C(C)C)C(C)C)c1. The smallest absolute Gasteiger partial charge is 0.258 e. The van der Waals surface area contributed by atoms with Gasteiger partial charge >= 0.3 is 0 Å². The second kappa shape index (κ2) is 13.1. The number of phenolic OH excluding ortho intramolecular Hbond substituents is 1. The van der Waals surface area contributed by atoms with Crippen LogP contribution in [-0.2, 0) is 10.8 Å². The average molecular weight is 561 g/mol. The molecular formula is C33H60O3Si2. The number of benzene rings is 1. The van der Waals surface area contributed by atoms with E-state index >= 15 is 0 Å². The van der Waals surface area contributed by atoms with Crippen LogP contribution in [0.3, 0.4) is 0 Å². The fraction of sp³-hybridized carbons (Fsp3) is 0.758. The first-order valence-electron chi connectivity index (χ1n) is 15.4. The van der Waals surface area contributed by atoms with Crippen LogP contribution in [0.2, 0.25) is 36.3 Å². The number of aryl methyl sites for hydroxylation is 1. The summed E-state index contributed by atoms with van der Waals surface area (Å²) < 4.78 is 14.3. The van der Waals surface area contributed by atoms with Gasteiger partial charge in [0.05, 0.1) is 5.60 Å². The normalized spacial score (nSPS) is 19.4. The number of phenols is 1. The van der Waals surface area contributed by atoms with E-state index in [0.717, 1.165) is 37.0 Å². The van der Waals surface area contributed by atoms with Gasteiger partial charge in [0, 0.05) is 11.5 Å². The lowest BCUT2D eigenvalue weighted by molar-refractivity contribution is 0.0204. The van der Waals surface area contributed by atoms with Crippen molar-refractivity contribution in [3.63, 3.8) is 0 Å². The maximum atomic E-state index is 11.8. The lowest BCUT2D eigenvalue weighted by Gasteiger charge is -2.47. The Kier molecular flexibility index (Phi) is 11.4. The molecule has 2 rings (SSSR count). The number of hydrogen-bond donors (Lipinski definition) is 1. The van der Waals surface area contributed by atoms with Gasteiger partial charge in [-0.3, -0.25) is 0 Å². The summed E-state index contributed by atoms with van der Waals surface area (Å²) >= 11 is 0. The zero-order valence-electron chi connectivity index (χ0n) is 27.1. The molecule has 38 heavy (non-hydrogen) atoms. The van der Waals surface area contributed by atoms with Crippen LogP contribution in [0.15, 0.2) is 23.8 Å². The van der Waals surface area contributed by atoms with E-state index in [1.165, 1.54) is 24.0 Å². The summed E-state index contributed by atoms with van der Waals surface area (Å²) in [5.41, 5.74) is 4.73. The van der Waals surface area contributed by atoms with Gasteiger partial charge in [0.2, 0.25) is 0 Å². The third-order valence-electron chi connectivity index (χ3n) is 8.82. The topological polar surface area (TPSA) is 38.7 Å². The molecule has 0 heterocycles. The van der Waals surface area contributed by atoms with Crippen molar-refractivity contribution in [2.45, 2.75) is 156 Å². The van der Waals surface area contributed by atoms with Crippen molar-refractivity contribution in [2.24, 2.45) is 5.92 Å². The van der Waals surface area contributed by atoms with Crippen LogP contribution in [0.1, 0.15) is 118 Å². The molecule has 218 valence electrons. The van der Waals surface area contributed by atoms with E-state index in [1.807, 2.05) is 6.07 Å². The van der Waals surface area contributed by atoms with E-state index < -0.39 is 16.6 Å². The Labute approximate surface area is 238 Å². The Morgan fingerprint density at radius 1 is 0.974 bits per heavy atom. The van der Waals surface area contributed by atoms with Gasteiger partial charge < -0.3 is 14.0 Å². The van der Waals surface area contributed by atoms with Crippen molar-refractivity contribution in [3.8, 4) is 11.5 Å². The Morgan fingerprint density at radius 2 is 1.55 bits per heavy atom. The summed E-state index contributed by atoms with van der Waals surface area (Å²) in [6.07, 6.45) is 8.81. The molecule has 0 fully saturated rings.